The maximum absolute atomic E-state index is 11.3. The first-order chi connectivity index (χ1) is 10.0. The van der Waals surface area contributed by atoms with E-state index >= 15 is 0 Å². The number of hydrogen-bond acceptors (Lipinski definition) is 5. The molecule has 0 bridgehead atoms. The molecule has 1 aromatic carbocycles. The number of hydrogen-bond donors (Lipinski definition) is 2. The third-order valence-corrected chi connectivity index (χ3v) is 3.09. The van der Waals surface area contributed by atoms with E-state index in [9.17, 15) is 14.9 Å². The molecule has 1 amide bonds. The van der Waals surface area contributed by atoms with E-state index < -0.39 is 11.0 Å². The van der Waals surface area contributed by atoms with Crippen LogP contribution < -0.4 is 10.6 Å². The maximum atomic E-state index is 11.3. The number of unbranched alkanes of at least 4 members (excludes halogenated alkanes) is 1. The van der Waals surface area contributed by atoms with Crippen molar-refractivity contribution < 1.29 is 14.5 Å². The highest BCUT2D eigenvalue weighted by Crippen LogP contribution is 2.27. The summed E-state index contributed by atoms with van der Waals surface area (Å²) in [7, 11) is 0. The number of amides is 1. The van der Waals surface area contributed by atoms with E-state index in [-0.39, 0.29) is 5.69 Å². The van der Waals surface area contributed by atoms with Crippen molar-refractivity contribution in [1.29, 1.82) is 0 Å². The predicted molar refractivity (Wildman–Crippen MR) is 83.5 cm³/mol. The highest BCUT2D eigenvalue weighted by Gasteiger charge is 2.13. The van der Waals surface area contributed by atoms with Crippen LogP contribution in [0.15, 0.2) is 22.7 Å². The van der Waals surface area contributed by atoms with Gasteiger partial charge in [0.15, 0.2) is 0 Å². The predicted octanol–water partition coefficient (Wildman–Crippen LogP) is 3.30. The number of alkyl carbamates (subject to hydrolysis) is 1. The molecule has 0 aliphatic carbocycles. The minimum absolute atomic E-state index is 0.0104. The number of carbonyl (C=O) groups is 1. The number of nitro groups is 1. The van der Waals surface area contributed by atoms with Gasteiger partial charge >= 0.3 is 6.09 Å². The Labute approximate surface area is 131 Å². The number of benzene rings is 1. The number of carbonyl (C=O) groups excluding carboxylic acids is 1. The fraction of sp³-hybridized carbons (Fsp3) is 0.462. The SMILES string of the molecule is CCCCOC(=O)NCCNc1cc(Br)ccc1[N+](=O)[O-]. The second-order valence-electron chi connectivity index (χ2n) is 4.26. The molecule has 7 nitrogen and oxygen atoms in total. The van der Waals surface area contributed by atoms with Gasteiger partial charge in [0.2, 0.25) is 0 Å². The van der Waals surface area contributed by atoms with Crippen molar-refractivity contribution in [2.75, 3.05) is 25.0 Å². The van der Waals surface area contributed by atoms with Crippen LogP contribution in [-0.2, 0) is 4.74 Å². The summed E-state index contributed by atoms with van der Waals surface area (Å²) in [6.45, 7) is 3.08. The molecule has 0 fully saturated rings. The molecule has 0 spiro atoms. The van der Waals surface area contributed by atoms with E-state index in [1.807, 2.05) is 6.92 Å². The number of rotatable bonds is 8. The van der Waals surface area contributed by atoms with Crippen LogP contribution in [0.5, 0.6) is 0 Å². The van der Waals surface area contributed by atoms with Crippen molar-refractivity contribution in [3.63, 3.8) is 0 Å². The Bertz CT molecular complexity index is 496. The highest BCUT2D eigenvalue weighted by molar-refractivity contribution is 9.10. The van der Waals surface area contributed by atoms with Gasteiger partial charge in [0.25, 0.3) is 5.69 Å². The molecule has 0 aromatic heterocycles. The van der Waals surface area contributed by atoms with E-state index in [2.05, 4.69) is 26.6 Å². The number of nitrogens with zero attached hydrogens (tertiary/aromatic N) is 1. The smallest absolute Gasteiger partial charge is 0.407 e. The average Bonchev–Trinajstić information content (AvgIpc) is 2.43. The van der Waals surface area contributed by atoms with Gasteiger partial charge in [0.05, 0.1) is 11.5 Å². The lowest BCUT2D eigenvalue weighted by Gasteiger charge is -2.09. The summed E-state index contributed by atoms with van der Waals surface area (Å²) >= 11 is 3.26. The van der Waals surface area contributed by atoms with E-state index in [0.29, 0.717) is 25.4 Å². The minimum atomic E-state index is -0.478. The first-order valence-electron chi connectivity index (χ1n) is 6.63. The lowest BCUT2D eigenvalue weighted by Crippen LogP contribution is -2.29. The quantitative estimate of drug-likeness (QED) is 0.422. The monoisotopic (exact) mass is 359 g/mol. The van der Waals surface area contributed by atoms with Gasteiger partial charge in [-0.05, 0) is 18.6 Å². The highest BCUT2D eigenvalue weighted by atomic mass is 79.9. The summed E-state index contributed by atoms with van der Waals surface area (Å²) in [5.74, 6) is 0. The molecule has 0 aliphatic rings. The Morgan fingerprint density at radius 3 is 2.86 bits per heavy atom. The average molecular weight is 360 g/mol. The zero-order valence-electron chi connectivity index (χ0n) is 11.7. The molecule has 0 radical (unpaired) electrons. The van der Waals surface area contributed by atoms with Gasteiger partial charge in [0, 0.05) is 23.6 Å². The third kappa shape index (κ3) is 6.44. The number of halogens is 1. The van der Waals surface area contributed by atoms with Gasteiger partial charge in [-0.3, -0.25) is 10.1 Å². The van der Waals surface area contributed by atoms with Crippen molar-refractivity contribution in [3.8, 4) is 0 Å². The number of nitrogens with one attached hydrogen (secondary N) is 2. The van der Waals surface area contributed by atoms with Crippen LogP contribution in [0.4, 0.5) is 16.2 Å². The van der Waals surface area contributed by atoms with Gasteiger partial charge in [-0.15, -0.1) is 0 Å². The molecule has 8 heteroatoms. The van der Waals surface area contributed by atoms with Gasteiger partial charge in [-0.1, -0.05) is 29.3 Å². The van der Waals surface area contributed by atoms with Gasteiger partial charge in [0.1, 0.15) is 5.69 Å². The second kappa shape index (κ2) is 9.17. The Morgan fingerprint density at radius 2 is 2.19 bits per heavy atom. The second-order valence-corrected chi connectivity index (χ2v) is 5.18. The van der Waals surface area contributed by atoms with E-state index in [1.165, 1.54) is 6.07 Å². The molecular weight excluding hydrogens is 342 g/mol. The van der Waals surface area contributed by atoms with Crippen LogP contribution in [0, 0.1) is 10.1 Å². The maximum Gasteiger partial charge on any atom is 0.407 e. The van der Waals surface area contributed by atoms with E-state index in [1.54, 1.807) is 12.1 Å². The van der Waals surface area contributed by atoms with Crippen LogP contribution in [0.1, 0.15) is 19.8 Å². The van der Waals surface area contributed by atoms with Crippen LogP contribution in [0.3, 0.4) is 0 Å². The first-order valence-corrected chi connectivity index (χ1v) is 7.42. The van der Waals surface area contributed by atoms with Crippen molar-refractivity contribution in [3.05, 3.63) is 32.8 Å². The van der Waals surface area contributed by atoms with E-state index in [4.69, 9.17) is 4.74 Å². The molecule has 21 heavy (non-hydrogen) atoms. The van der Waals surface area contributed by atoms with Crippen LogP contribution in [0.2, 0.25) is 0 Å². The number of ether oxygens (including phenoxy) is 1. The fourth-order valence-electron chi connectivity index (χ4n) is 1.53. The van der Waals surface area contributed by atoms with Crippen molar-refractivity contribution in [1.82, 2.24) is 5.32 Å². The molecule has 1 aromatic rings. The van der Waals surface area contributed by atoms with Crippen molar-refractivity contribution in [2.24, 2.45) is 0 Å². The molecular formula is C13H18BrN3O4. The Kier molecular flexibility index (Phi) is 7.52. The standard InChI is InChI=1S/C13H18BrN3O4/c1-2-3-8-21-13(18)16-7-6-15-11-9-10(14)4-5-12(11)17(19)20/h4-5,9,15H,2-3,6-8H2,1H3,(H,16,18). The summed E-state index contributed by atoms with van der Waals surface area (Å²) < 4.78 is 5.66. The van der Waals surface area contributed by atoms with Gasteiger partial charge in [-0.2, -0.15) is 0 Å². The molecule has 0 heterocycles. The Morgan fingerprint density at radius 1 is 1.43 bits per heavy atom. The molecule has 2 N–H and O–H groups in total. The van der Waals surface area contributed by atoms with Crippen molar-refractivity contribution >= 4 is 33.4 Å². The summed E-state index contributed by atoms with van der Waals surface area (Å²) in [6, 6.07) is 4.64. The summed E-state index contributed by atoms with van der Waals surface area (Å²) in [5.41, 5.74) is 0.388. The molecule has 0 saturated heterocycles. The van der Waals surface area contributed by atoms with Crippen molar-refractivity contribution in [2.45, 2.75) is 19.8 Å². The molecule has 116 valence electrons. The number of nitro benzene ring substituents is 1. The minimum Gasteiger partial charge on any atom is -0.450 e. The summed E-state index contributed by atoms with van der Waals surface area (Å²) in [6.07, 6.45) is 1.31. The Balaban J connectivity index is 2.37. The molecule has 1 rings (SSSR count). The zero-order chi connectivity index (χ0) is 15.7. The first kappa shape index (κ1) is 17.2. The molecule has 0 atom stereocenters. The molecule has 0 aliphatic heterocycles. The lowest BCUT2D eigenvalue weighted by molar-refractivity contribution is -0.384. The zero-order valence-corrected chi connectivity index (χ0v) is 13.3. The third-order valence-electron chi connectivity index (χ3n) is 2.60. The molecule has 0 saturated carbocycles. The summed E-state index contributed by atoms with van der Waals surface area (Å²) in [4.78, 5) is 21.7. The largest absolute Gasteiger partial charge is 0.450 e. The lowest BCUT2D eigenvalue weighted by atomic mass is 10.2. The summed E-state index contributed by atoms with van der Waals surface area (Å²) in [5, 5.41) is 16.4. The molecule has 0 unspecified atom stereocenters. The topological polar surface area (TPSA) is 93.5 Å². The Hall–Kier alpha value is -1.83. The van der Waals surface area contributed by atoms with E-state index in [0.717, 1.165) is 17.3 Å². The normalized spacial score (nSPS) is 10.0. The van der Waals surface area contributed by atoms with Gasteiger partial charge in [-0.25, -0.2) is 4.79 Å². The fourth-order valence-corrected chi connectivity index (χ4v) is 1.89. The van der Waals surface area contributed by atoms with Crippen LogP contribution >= 0.6 is 15.9 Å². The van der Waals surface area contributed by atoms with Crippen LogP contribution in [-0.4, -0.2) is 30.7 Å². The number of anilines is 1. The van der Waals surface area contributed by atoms with Crippen LogP contribution in [0.25, 0.3) is 0 Å². The van der Waals surface area contributed by atoms with Gasteiger partial charge < -0.3 is 15.4 Å².